The Morgan fingerprint density at radius 2 is 1.83 bits per heavy atom. The fourth-order valence-electron chi connectivity index (χ4n) is 4.12. The van der Waals surface area contributed by atoms with Crippen LogP contribution in [-0.2, 0) is 4.79 Å². The average molecular weight is 389 g/mol. The van der Waals surface area contributed by atoms with Gasteiger partial charge in [-0.3, -0.25) is 9.59 Å². The molecule has 29 heavy (non-hydrogen) atoms. The maximum Gasteiger partial charge on any atom is 0.223 e. The lowest BCUT2D eigenvalue weighted by Gasteiger charge is -2.31. The molecule has 150 valence electrons. The van der Waals surface area contributed by atoms with E-state index < -0.39 is 0 Å². The van der Waals surface area contributed by atoms with Gasteiger partial charge in [-0.05, 0) is 50.5 Å². The van der Waals surface area contributed by atoms with Gasteiger partial charge in [0.2, 0.25) is 5.91 Å². The number of nitrogens with zero attached hydrogens (tertiary/aromatic N) is 2. The van der Waals surface area contributed by atoms with Gasteiger partial charge in [-0.1, -0.05) is 29.8 Å². The lowest BCUT2D eigenvalue weighted by molar-refractivity contribution is -0.132. The summed E-state index contributed by atoms with van der Waals surface area (Å²) in [5.41, 5.74) is 4.83. The third-order valence-corrected chi connectivity index (χ3v) is 5.90. The molecule has 2 heterocycles. The van der Waals surface area contributed by atoms with Crippen LogP contribution in [0.2, 0.25) is 0 Å². The van der Waals surface area contributed by atoms with Crippen LogP contribution in [0.15, 0.2) is 42.5 Å². The van der Waals surface area contributed by atoms with Crippen molar-refractivity contribution >= 4 is 22.7 Å². The number of likely N-dealkylation sites (tertiary alicyclic amines) is 1. The topological polar surface area (TPSA) is 66.1 Å². The van der Waals surface area contributed by atoms with Crippen LogP contribution in [0.3, 0.4) is 0 Å². The number of fused-ring (bicyclic) bond motifs is 1. The Bertz CT molecular complexity index is 1010. The normalized spacial score (nSPS) is 15.0. The summed E-state index contributed by atoms with van der Waals surface area (Å²) in [6.07, 6.45) is 2.35. The number of aromatic nitrogens is 2. The molecule has 4 rings (SSSR count). The smallest absolute Gasteiger partial charge is 0.223 e. The van der Waals surface area contributed by atoms with Crippen molar-refractivity contribution in [1.29, 1.82) is 0 Å². The minimum atomic E-state index is 0.0525. The summed E-state index contributed by atoms with van der Waals surface area (Å²) in [7, 11) is 0. The summed E-state index contributed by atoms with van der Waals surface area (Å²) in [6, 6.07) is 13.9. The molecular weight excluding hydrogens is 362 g/mol. The van der Waals surface area contributed by atoms with E-state index >= 15 is 0 Å². The molecule has 0 atom stereocenters. The molecule has 2 aromatic carbocycles. The number of hydrogen-bond acceptors (Lipinski definition) is 3. The van der Waals surface area contributed by atoms with Crippen molar-refractivity contribution in [3.8, 4) is 0 Å². The summed E-state index contributed by atoms with van der Waals surface area (Å²) < 4.78 is 0. The first-order valence-electron chi connectivity index (χ1n) is 10.3. The van der Waals surface area contributed by atoms with Crippen LogP contribution in [0, 0.1) is 13.8 Å². The molecule has 1 N–H and O–H groups in total. The molecule has 1 aliphatic heterocycles. The summed E-state index contributed by atoms with van der Waals surface area (Å²) in [5, 5.41) is 0. The van der Waals surface area contributed by atoms with Gasteiger partial charge >= 0.3 is 0 Å². The highest BCUT2D eigenvalue weighted by atomic mass is 16.2. The van der Waals surface area contributed by atoms with Gasteiger partial charge in [-0.15, -0.1) is 0 Å². The van der Waals surface area contributed by atoms with Gasteiger partial charge in [0.1, 0.15) is 5.82 Å². The monoisotopic (exact) mass is 389 g/mol. The Hall–Kier alpha value is -2.95. The van der Waals surface area contributed by atoms with Gasteiger partial charge < -0.3 is 9.88 Å². The molecule has 3 aromatic rings. The number of imidazole rings is 1. The Morgan fingerprint density at radius 1 is 1.07 bits per heavy atom. The SMILES string of the molecule is Cc1ccc(C)c(C(=O)CCC(=O)N2CCC(c3nc4ccccc4[nH]3)CC2)c1. The van der Waals surface area contributed by atoms with Gasteiger partial charge in [-0.2, -0.15) is 0 Å². The van der Waals surface area contributed by atoms with Crippen LogP contribution < -0.4 is 0 Å². The Labute approximate surface area is 171 Å². The van der Waals surface area contributed by atoms with Gasteiger partial charge in [0, 0.05) is 37.4 Å². The van der Waals surface area contributed by atoms with Crippen molar-refractivity contribution in [1.82, 2.24) is 14.9 Å². The van der Waals surface area contributed by atoms with Crippen molar-refractivity contribution in [2.24, 2.45) is 0 Å². The quantitative estimate of drug-likeness (QED) is 0.651. The van der Waals surface area contributed by atoms with Gasteiger partial charge in [0.05, 0.1) is 11.0 Å². The van der Waals surface area contributed by atoms with Crippen molar-refractivity contribution in [3.05, 3.63) is 65.0 Å². The minimum Gasteiger partial charge on any atom is -0.343 e. The molecule has 0 spiro atoms. The molecule has 1 aliphatic rings. The molecule has 1 fully saturated rings. The predicted molar refractivity (Wildman–Crippen MR) is 114 cm³/mol. The molecule has 0 saturated carbocycles. The number of aromatic amines is 1. The molecule has 1 saturated heterocycles. The maximum absolute atomic E-state index is 12.6. The van der Waals surface area contributed by atoms with Crippen LogP contribution in [0.1, 0.15) is 58.9 Å². The number of piperidine rings is 1. The predicted octanol–water partition coefficient (Wildman–Crippen LogP) is 4.55. The number of para-hydroxylation sites is 2. The molecule has 5 nitrogen and oxygen atoms in total. The molecule has 0 unspecified atom stereocenters. The van der Waals surface area contributed by atoms with E-state index in [9.17, 15) is 9.59 Å². The lowest BCUT2D eigenvalue weighted by Crippen LogP contribution is -2.38. The highest BCUT2D eigenvalue weighted by Gasteiger charge is 2.26. The molecule has 1 aromatic heterocycles. The Balaban J connectivity index is 1.31. The van der Waals surface area contributed by atoms with Gasteiger partial charge in [0.15, 0.2) is 5.78 Å². The number of amides is 1. The average Bonchev–Trinajstić information content (AvgIpc) is 3.18. The first kappa shape index (κ1) is 19.4. The lowest BCUT2D eigenvalue weighted by atomic mass is 9.95. The number of Topliss-reactive ketones (excluding diaryl/α,β-unsaturated/α-hetero) is 1. The zero-order valence-electron chi connectivity index (χ0n) is 17.1. The van der Waals surface area contributed by atoms with Crippen molar-refractivity contribution in [2.45, 2.75) is 45.4 Å². The van der Waals surface area contributed by atoms with E-state index in [0.717, 1.165) is 59.5 Å². The Morgan fingerprint density at radius 3 is 2.59 bits per heavy atom. The van der Waals surface area contributed by atoms with E-state index in [1.54, 1.807) is 0 Å². The van der Waals surface area contributed by atoms with Gasteiger partial charge in [0.25, 0.3) is 0 Å². The second-order valence-corrected chi connectivity index (χ2v) is 8.04. The minimum absolute atomic E-state index is 0.0525. The number of nitrogens with one attached hydrogen (secondary N) is 1. The van der Waals surface area contributed by atoms with E-state index in [-0.39, 0.29) is 24.5 Å². The van der Waals surface area contributed by atoms with Gasteiger partial charge in [-0.25, -0.2) is 4.98 Å². The van der Waals surface area contributed by atoms with Crippen LogP contribution in [0.25, 0.3) is 11.0 Å². The molecule has 0 aliphatic carbocycles. The van der Waals surface area contributed by atoms with Crippen molar-refractivity contribution in [2.75, 3.05) is 13.1 Å². The summed E-state index contributed by atoms with van der Waals surface area (Å²) in [5.74, 6) is 1.50. The number of H-pyrrole nitrogens is 1. The highest BCUT2D eigenvalue weighted by Crippen LogP contribution is 2.28. The zero-order valence-corrected chi connectivity index (χ0v) is 17.1. The summed E-state index contributed by atoms with van der Waals surface area (Å²) in [4.78, 5) is 35.2. The largest absolute Gasteiger partial charge is 0.343 e. The van der Waals surface area contributed by atoms with E-state index in [0.29, 0.717) is 5.92 Å². The molecule has 1 amide bonds. The highest BCUT2D eigenvalue weighted by molar-refractivity contribution is 5.99. The van der Waals surface area contributed by atoms with Crippen LogP contribution in [-0.4, -0.2) is 39.6 Å². The first-order chi connectivity index (χ1) is 14.0. The summed E-state index contributed by atoms with van der Waals surface area (Å²) in [6.45, 7) is 5.36. The second-order valence-electron chi connectivity index (χ2n) is 8.04. The third-order valence-electron chi connectivity index (χ3n) is 5.90. The van der Waals surface area contributed by atoms with Crippen molar-refractivity contribution in [3.63, 3.8) is 0 Å². The van der Waals surface area contributed by atoms with E-state index in [2.05, 4.69) is 4.98 Å². The van der Waals surface area contributed by atoms with Crippen LogP contribution >= 0.6 is 0 Å². The fraction of sp³-hybridized carbons (Fsp3) is 0.375. The Kier molecular flexibility index (Phi) is 5.47. The number of rotatable bonds is 5. The third kappa shape index (κ3) is 4.24. The number of carbonyl (C=O) groups is 2. The molecule has 0 radical (unpaired) electrons. The van der Waals surface area contributed by atoms with E-state index in [1.807, 2.05) is 61.2 Å². The number of aryl methyl sites for hydroxylation is 2. The zero-order chi connectivity index (χ0) is 20.4. The van der Waals surface area contributed by atoms with E-state index in [4.69, 9.17) is 4.98 Å². The second kappa shape index (κ2) is 8.19. The maximum atomic E-state index is 12.6. The molecule has 0 bridgehead atoms. The van der Waals surface area contributed by atoms with Crippen LogP contribution in [0.4, 0.5) is 0 Å². The summed E-state index contributed by atoms with van der Waals surface area (Å²) >= 11 is 0. The molecular formula is C24H27N3O2. The van der Waals surface area contributed by atoms with Crippen molar-refractivity contribution < 1.29 is 9.59 Å². The fourth-order valence-corrected chi connectivity index (χ4v) is 4.12. The number of carbonyl (C=O) groups excluding carboxylic acids is 2. The van der Waals surface area contributed by atoms with Crippen LogP contribution in [0.5, 0.6) is 0 Å². The standard InChI is InChI=1S/C24H27N3O2/c1-16-7-8-17(2)19(15-16)22(28)9-10-23(29)27-13-11-18(12-14-27)24-25-20-5-3-4-6-21(20)26-24/h3-8,15,18H,9-14H2,1-2H3,(H,25,26). The number of ketones is 1. The van der Waals surface area contributed by atoms with E-state index in [1.165, 1.54) is 0 Å². The number of hydrogen-bond donors (Lipinski definition) is 1. The molecule has 5 heteroatoms. The first-order valence-corrected chi connectivity index (χ1v) is 10.3. The number of benzene rings is 2.